The van der Waals surface area contributed by atoms with Crippen LogP contribution in [0.1, 0.15) is 73.1 Å². The highest BCUT2D eigenvalue weighted by Gasteiger charge is 2.18. The van der Waals surface area contributed by atoms with E-state index in [9.17, 15) is 4.79 Å². The van der Waals surface area contributed by atoms with Gasteiger partial charge in [0.15, 0.2) is 5.52 Å². The maximum Gasteiger partial charge on any atom is 0.186 e. The smallest absolute Gasteiger partial charge is 0.186 e. The van der Waals surface area contributed by atoms with Crippen molar-refractivity contribution in [2.24, 2.45) is 11.8 Å². The molecule has 2 aromatic rings. The quantitative estimate of drug-likeness (QED) is 0.355. The molecule has 0 fully saturated rings. The third-order valence-electron chi connectivity index (χ3n) is 5.70. The number of ether oxygens (including phenoxy) is 2. The predicted molar refractivity (Wildman–Crippen MR) is 134 cm³/mol. The molecule has 3 nitrogen and oxygen atoms in total. The fourth-order valence-corrected chi connectivity index (χ4v) is 4.64. The Morgan fingerprint density at radius 2 is 1.45 bits per heavy atom. The SMILES string of the molecule is Cc1cc(C)c(C(=O)Pc2ccc(OCCC(C)C)cc2OCCC(C)C)c(C)c1C. The average Bonchev–Trinajstić information content (AvgIpc) is 2.67. The summed E-state index contributed by atoms with van der Waals surface area (Å²) < 4.78 is 12.1. The Bertz CT molecular complexity index is 900. The molecule has 1 unspecified atom stereocenters. The zero-order valence-electron chi connectivity index (χ0n) is 20.5. The monoisotopic (exact) mass is 442 g/mol. The summed E-state index contributed by atoms with van der Waals surface area (Å²) in [7, 11) is 0.0215. The van der Waals surface area contributed by atoms with Gasteiger partial charge in [-0.3, -0.25) is 4.79 Å². The molecule has 0 aliphatic carbocycles. The molecule has 2 aromatic carbocycles. The highest BCUT2D eigenvalue weighted by atomic mass is 31.1. The lowest BCUT2D eigenvalue weighted by molar-refractivity contribution is 0.108. The van der Waals surface area contributed by atoms with Crippen molar-refractivity contribution in [1.29, 1.82) is 0 Å². The van der Waals surface area contributed by atoms with Crippen LogP contribution in [0.2, 0.25) is 0 Å². The standard InChI is InChI=1S/C27H39O3P/c1-17(2)11-13-29-23-9-10-25(24(16-23)30-14-12-18(3)4)31-27(28)26-20(6)15-19(5)21(7)22(26)8/h9-10,15-18,31H,11-14H2,1-8H3. The Morgan fingerprint density at radius 3 is 2.06 bits per heavy atom. The molecule has 0 heterocycles. The van der Waals surface area contributed by atoms with Gasteiger partial charge in [-0.15, -0.1) is 0 Å². The second-order valence-electron chi connectivity index (χ2n) is 9.31. The van der Waals surface area contributed by atoms with Gasteiger partial charge in [0, 0.05) is 16.9 Å². The number of carbonyl (C=O) groups is 1. The normalized spacial score (nSPS) is 11.7. The lowest BCUT2D eigenvalue weighted by Crippen LogP contribution is -2.12. The summed E-state index contributed by atoms with van der Waals surface area (Å²) in [5.41, 5.74) is 5.59. The van der Waals surface area contributed by atoms with E-state index in [1.54, 1.807) is 0 Å². The molecule has 0 spiro atoms. The predicted octanol–water partition coefficient (Wildman–Crippen LogP) is 6.91. The van der Waals surface area contributed by atoms with E-state index in [0.717, 1.165) is 46.3 Å². The zero-order valence-corrected chi connectivity index (χ0v) is 21.5. The van der Waals surface area contributed by atoms with Crippen molar-refractivity contribution in [3.8, 4) is 11.5 Å². The maximum atomic E-state index is 13.3. The van der Waals surface area contributed by atoms with Crippen LogP contribution in [0.25, 0.3) is 0 Å². The van der Waals surface area contributed by atoms with E-state index < -0.39 is 0 Å². The second-order valence-corrected chi connectivity index (χ2v) is 10.6. The highest BCUT2D eigenvalue weighted by molar-refractivity contribution is 7.66. The molecule has 170 valence electrons. The molecule has 0 radical (unpaired) electrons. The van der Waals surface area contributed by atoms with E-state index in [1.807, 2.05) is 25.1 Å². The maximum absolute atomic E-state index is 13.3. The van der Waals surface area contributed by atoms with E-state index in [4.69, 9.17) is 9.47 Å². The average molecular weight is 443 g/mol. The van der Waals surface area contributed by atoms with Gasteiger partial charge in [-0.1, -0.05) is 33.8 Å². The minimum absolute atomic E-state index is 0.0215. The first-order valence-electron chi connectivity index (χ1n) is 11.4. The van der Waals surface area contributed by atoms with Gasteiger partial charge >= 0.3 is 0 Å². The molecule has 0 saturated carbocycles. The molecule has 0 saturated heterocycles. The fourth-order valence-electron chi connectivity index (χ4n) is 3.45. The van der Waals surface area contributed by atoms with E-state index in [0.29, 0.717) is 25.0 Å². The third-order valence-corrected chi connectivity index (χ3v) is 6.86. The van der Waals surface area contributed by atoms with Crippen LogP contribution < -0.4 is 14.8 Å². The van der Waals surface area contributed by atoms with Crippen LogP contribution in [-0.2, 0) is 0 Å². The lowest BCUT2D eigenvalue weighted by atomic mass is 9.95. The number of benzene rings is 2. The number of carbonyl (C=O) groups excluding carboxylic acids is 1. The Hall–Kier alpha value is -1.86. The van der Waals surface area contributed by atoms with Gasteiger partial charge in [0.2, 0.25) is 0 Å². The number of hydrogen-bond acceptors (Lipinski definition) is 3. The van der Waals surface area contributed by atoms with Crippen molar-refractivity contribution < 1.29 is 14.3 Å². The lowest BCUT2D eigenvalue weighted by Gasteiger charge is -2.17. The van der Waals surface area contributed by atoms with Crippen LogP contribution in [0.15, 0.2) is 24.3 Å². The van der Waals surface area contributed by atoms with Crippen molar-refractivity contribution >= 4 is 19.4 Å². The molecule has 2 rings (SSSR count). The zero-order chi connectivity index (χ0) is 23.1. The van der Waals surface area contributed by atoms with Crippen molar-refractivity contribution in [3.05, 3.63) is 52.1 Å². The van der Waals surface area contributed by atoms with Gasteiger partial charge in [0.1, 0.15) is 11.5 Å². The Morgan fingerprint density at radius 1 is 0.839 bits per heavy atom. The van der Waals surface area contributed by atoms with Gasteiger partial charge < -0.3 is 9.47 Å². The summed E-state index contributed by atoms with van der Waals surface area (Å²) in [6.45, 7) is 18.4. The molecule has 31 heavy (non-hydrogen) atoms. The molecule has 0 aliphatic rings. The van der Waals surface area contributed by atoms with E-state index >= 15 is 0 Å². The molecule has 0 N–H and O–H groups in total. The first kappa shape index (κ1) is 25.4. The van der Waals surface area contributed by atoms with Crippen LogP contribution in [0.3, 0.4) is 0 Å². The largest absolute Gasteiger partial charge is 0.493 e. The topological polar surface area (TPSA) is 35.5 Å². The second kappa shape index (κ2) is 11.7. The number of hydrogen-bond donors (Lipinski definition) is 0. The van der Waals surface area contributed by atoms with Crippen LogP contribution in [-0.4, -0.2) is 18.7 Å². The first-order chi connectivity index (χ1) is 14.6. The van der Waals surface area contributed by atoms with E-state index in [2.05, 4.69) is 54.5 Å². The summed E-state index contributed by atoms with van der Waals surface area (Å²) in [5.74, 6) is 2.75. The Balaban J connectivity index is 2.27. The highest BCUT2D eigenvalue weighted by Crippen LogP contribution is 2.31. The van der Waals surface area contributed by atoms with Crippen molar-refractivity contribution in [2.45, 2.75) is 68.2 Å². The molecule has 0 amide bonds. The summed E-state index contributed by atoms with van der Waals surface area (Å²) >= 11 is 0. The van der Waals surface area contributed by atoms with Crippen molar-refractivity contribution in [2.75, 3.05) is 13.2 Å². The summed E-state index contributed by atoms with van der Waals surface area (Å²) in [6, 6.07) is 8.03. The minimum Gasteiger partial charge on any atom is -0.493 e. The molecule has 0 bridgehead atoms. The Kier molecular flexibility index (Phi) is 9.56. The molecular formula is C27H39O3P. The van der Waals surface area contributed by atoms with Gasteiger partial charge in [0.05, 0.1) is 13.2 Å². The summed E-state index contributed by atoms with van der Waals surface area (Å²) in [6.07, 6.45) is 1.99. The van der Waals surface area contributed by atoms with Crippen molar-refractivity contribution in [3.63, 3.8) is 0 Å². The van der Waals surface area contributed by atoms with Gasteiger partial charge in [-0.2, -0.15) is 0 Å². The van der Waals surface area contributed by atoms with Gasteiger partial charge in [-0.05, 0) is 95.3 Å². The van der Waals surface area contributed by atoms with Gasteiger partial charge in [0.25, 0.3) is 0 Å². The summed E-state index contributed by atoms with van der Waals surface area (Å²) in [4.78, 5) is 13.3. The van der Waals surface area contributed by atoms with Gasteiger partial charge in [-0.25, -0.2) is 0 Å². The fraction of sp³-hybridized carbons (Fsp3) is 0.519. The van der Waals surface area contributed by atoms with Crippen LogP contribution >= 0.6 is 8.58 Å². The first-order valence-corrected chi connectivity index (χ1v) is 12.4. The molecule has 1 atom stereocenters. The van der Waals surface area contributed by atoms with E-state index in [-0.39, 0.29) is 14.1 Å². The van der Waals surface area contributed by atoms with E-state index in [1.165, 1.54) is 11.1 Å². The molecular weight excluding hydrogens is 403 g/mol. The van der Waals surface area contributed by atoms with Crippen molar-refractivity contribution in [1.82, 2.24) is 0 Å². The van der Waals surface area contributed by atoms with Crippen LogP contribution in [0.4, 0.5) is 0 Å². The third kappa shape index (κ3) is 7.35. The molecule has 4 heteroatoms. The minimum atomic E-state index is 0.0215. The number of rotatable bonds is 11. The summed E-state index contributed by atoms with van der Waals surface area (Å²) in [5, 5.41) is 0.946. The molecule has 0 aromatic heterocycles. The van der Waals surface area contributed by atoms with Crippen LogP contribution in [0.5, 0.6) is 11.5 Å². The number of aryl methyl sites for hydroxylation is 2. The Labute approximate surface area is 190 Å². The molecule has 0 aliphatic heterocycles. The van der Waals surface area contributed by atoms with Crippen LogP contribution in [0, 0.1) is 39.5 Å².